The number of carbonyl (C=O) groups is 1. The van der Waals surface area contributed by atoms with Gasteiger partial charge < -0.3 is 19.9 Å². The van der Waals surface area contributed by atoms with Gasteiger partial charge in [0.05, 0.1) is 19.5 Å². The van der Waals surface area contributed by atoms with Gasteiger partial charge in [-0.2, -0.15) is 0 Å². The topological polar surface area (TPSA) is 70.6 Å². The molecule has 2 aromatic rings. The summed E-state index contributed by atoms with van der Waals surface area (Å²) in [5.74, 6) is 1.38. The second-order valence-corrected chi connectivity index (χ2v) is 6.08. The molecular formula is C18H23N5O2. The second-order valence-electron chi connectivity index (χ2n) is 6.08. The van der Waals surface area contributed by atoms with E-state index < -0.39 is 0 Å². The monoisotopic (exact) mass is 341 g/mol. The molecule has 3 rings (SSSR count). The molecule has 1 aliphatic rings. The van der Waals surface area contributed by atoms with E-state index in [1.54, 1.807) is 13.3 Å². The Labute approximate surface area is 147 Å². The molecule has 1 saturated heterocycles. The lowest BCUT2D eigenvalue weighted by Gasteiger charge is -2.32. The van der Waals surface area contributed by atoms with Crippen LogP contribution in [-0.2, 0) is 6.54 Å². The molecule has 7 heteroatoms. The van der Waals surface area contributed by atoms with Crippen LogP contribution in [0.5, 0.6) is 5.75 Å². The summed E-state index contributed by atoms with van der Waals surface area (Å²) in [6.45, 7) is 4.30. The van der Waals surface area contributed by atoms with Crippen molar-refractivity contribution in [3.63, 3.8) is 0 Å². The van der Waals surface area contributed by atoms with Gasteiger partial charge in [0.2, 0.25) is 0 Å². The lowest BCUT2D eigenvalue weighted by molar-refractivity contribution is 0.0945. The SMILES string of the molecule is COc1ccc(CNC(=O)c2cnc(N3CCN(C)CC3)cn2)cc1. The summed E-state index contributed by atoms with van der Waals surface area (Å²) in [7, 11) is 3.74. The smallest absolute Gasteiger partial charge is 0.271 e. The van der Waals surface area contributed by atoms with Crippen LogP contribution in [0.2, 0.25) is 0 Å². The molecule has 1 aliphatic heterocycles. The first-order chi connectivity index (χ1) is 12.2. The third-order valence-corrected chi connectivity index (χ3v) is 4.31. The maximum Gasteiger partial charge on any atom is 0.271 e. The molecule has 25 heavy (non-hydrogen) atoms. The van der Waals surface area contributed by atoms with E-state index in [0.29, 0.717) is 12.2 Å². The summed E-state index contributed by atoms with van der Waals surface area (Å²) >= 11 is 0. The van der Waals surface area contributed by atoms with Crippen molar-refractivity contribution in [1.29, 1.82) is 0 Å². The van der Waals surface area contributed by atoms with Crippen LogP contribution < -0.4 is 15.0 Å². The number of piperazine rings is 1. The highest BCUT2D eigenvalue weighted by molar-refractivity contribution is 5.91. The molecule has 132 valence electrons. The van der Waals surface area contributed by atoms with Gasteiger partial charge in [0, 0.05) is 32.7 Å². The van der Waals surface area contributed by atoms with Crippen LogP contribution >= 0.6 is 0 Å². The first kappa shape index (κ1) is 17.2. The predicted octanol–water partition coefficient (Wildman–Crippen LogP) is 1.17. The summed E-state index contributed by atoms with van der Waals surface area (Å²) in [6, 6.07) is 7.57. The summed E-state index contributed by atoms with van der Waals surface area (Å²) in [4.78, 5) is 25.3. The molecule has 1 amide bonds. The molecule has 0 aliphatic carbocycles. The summed E-state index contributed by atoms with van der Waals surface area (Å²) in [5.41, 5.74) is 1.32. The van der Waals surface area contributed by atoms with Crippen LogP contribution in [0.1, 0.15) is 16.1 Å². The highest BCUT2D eigenvalue weighted by Gasteiger charge is 2.16. The number of hydrogen-bond acceptors (Lipinski definition) is 6. The fourth-order valence-electron chi connectivity index (χ4n) is 2.65. The Balaban J connectivity index is 1.55. The van der Waals surface area contributed by atoms with Crippen LogP contribution in [0.4, 0.5) is 5.82 Å². The minimum Gasteiger partial charge on any atom is -0.497 e. The summed E-state index contributed by atoms with van der Waals surface area (Å²) in [5, 5.41) is 2.85. The van der Waals surface area contributed by atoms with Gasteiger partial charge in [-0.05, 0) is 24.7 Å². The molecule has 1 aromatic carbocycles. The number of nitrogens with one attached hydrogen (secondary N) is 1. The second kappa shape index (κ2) is 7.94. The molecule has 1 N–H and O–H groups in total. The Morgan fingerprint density at radius 3 is 2.44 bits per heavy atom. The van der Waals surface area contributed by atoms with E-state index in [-0.39, 0.29) is 5.91 Å². The number of ether oxygens (including phenoxy) is 1. The molecule has 0 unspecified atom stereocenters. The first-order valence-corrected chi connectivity index (χ1v) is 8.32. The van der Waals surface area contributed by atoms with Crippen molar-refractivity contribution < 1.29 is 9.53 Å². The number of amides is 1. The molecule has 0 saturated carbocycles. The molecule has 2 heterocycles. The van der Waals surface area contributed by atoms with Crippen molar-refractivity contribution in [1.82, 2.24) is 20.2 Å². The van der Waals surface area contributed by atoms with E-state index in [1.165, 1.54) is 6.20 Å². The third-order valence-electron chi connectivity index (χ3n) is 4.31. The van der Waals surface area contributed by atoms with Crippen LogP contribution in [0.15, 0.2) is 36.7 Å². The maximum absolute atomic E-state index is 12.2. The lowest BCUT2D eigenvalue weighted by atomic mass is 10.2. The first-order valence-electron chi connectivity index (χ1n) is 8.32. The fraction of sp³-hybridized carbons (Fsp3) is 0.389. The van der Waals surface area contributed by atoms with Crippen molar-refractivity contribution in [2.45, 2.75) is 6.54 Å². The Hall–Kier alpha value is -2.67. The molecule has 7 nitrogen and oxygen atoms in total. The number of carbonyl (C=O) groups excluding carboxylic acids is 1. The molecule has 0 atom stereocenters. The summed E-state index contributed by atoms with van der Waals surface area (Å²) < 4.78 is 5.12. The van der Waals surface area contributed by atoms with E-state index >= 15 is 0 Å². The number of rotatable bonds is 5. The Kier molecular flexibility index (Phi) is 5.45. The van der Waals surface area contributed by atoms with Gasteiger partial charge >= 0.3 is 0 Å². The molecule has 1 fully saturated rings. The Morgan fingerprint density at radius 1 is 1.12 bits per heavy atom. The zero-order valence-electron chi connectivity index (χ0n) is 14.6. The van der Waals surface area contributed by atoms with Crippen LogP contribution in [-0.4, -0.2) is 61.1 Å². The Bertz CT molecular complexity index is 694. The maximum atomic E-state index is 12.2. The van der Waals surface area contributed by atoms with Gasteiger partial charge in [-0.25, -0.2) is 9.97 Å². The van der Waals surface area contributed by atoms with E-state index in [2.05, 4.69) is 32.1 Å². The third kappa shape index (κ3) is 4.45. The number of anilines is 1. The van der Waals surface area contributed by atoms with Crippen molar-refractivity contribution in [2.24, 2.45) is 0 Å². The quantitative estimate of drug-likeness (QED) is 0.880. The van der Waals surface area contributed by atoms with E-state index in [4.69, 9.17) is 4.74 Å². The van der Waals surface area contributed by atoms with Gasteiger partial charge in [-0.3, -0.25) is 4.79 Å². The van der Waals surface area contributed by atoms with Crippen molar-refractivity contribution in [2.75, 3.05) is 45.2 Å². The predicted molar refractivity (Wildman–Crippen MR) is 95.9 cm³/mol. The molecule has 1 aromatic heterocycles. The highest BCUT2D eigenvalue weighted by atomic mass is 16.5. The van der Waals surface area contributed by atoms with Crippen molar-refractivity contribution in [3.05, 3.63) is 47.9 Å². The summed E-state index contributed by atoms with van der Waals surface area (Å²) in [6.07, 6.45) is 3.21. The Morgan fingerprint density at radius 2 is 1.84 bits per heavy atom. The van der Waals surface area contributed by atoms with Crippen LogP contribution in [0.3, 0.4) is 0 Å². The fourth-order valence-corrected chi connectivity index (χ4v) is 2.65. The van der Waals surface area contributed by atoms with Crippen molar-refractivity contribution >= 4 is 11.7 Å². The van der Waals surface area contributed by atoms with Crippen molar-refractivity contribution in [3.8, 4) is 5.75 Å². The normalized spacial score (nSPS) is 15.0. The van der Waals surface area contributed by atoms with E-state index in [9.17, 15) is 4.79 Å². The minimum atomic E-state index is -0.228. The van der Waals surface area contributed by atoms with Crippen LogP contribution in [0, 0.1) is 0 Å². The lowest BCUT2D eigenvalue weighted by Crippen LogP contribution is -2.44. The van der Waals surface area contributed by atoms with Gasteiger partial charge in [0.25, 0.3) is 5.91 Å². The average Bonchev–Trinajstić information content (AvgIpc) is 2.67. The minimum absolute atomic E-state index is 0.228. The van der Waals surface area contributed by atoms with Crippen LogP contribution in [0.25, 0.3) is 0 Å². The van der Waals surface area contributed by atoms with Gasteiger partial charge in [-0.1, -0.05) is 12.1 Å². The number of hydrogen-bond donors (Lipinski definition) is 1. The number of nitrogens with zero attached hydrogens (tertiary/aromatic N) is 4. The van der Waals surface area contributed by atoms with Gasteiger partial charge in [0.1, 0.15) is 17.3 Å². The molecule has 0 radical (unpaired) electrons. The molecule has 0 bridgehead atoms. The number of methoxy groups -OCH3 is 1. The van der Waals surface area contributed by atoms with E-state index in [1.807, 2.05) is 24.3 Å². The number of benzene rings is 1. The number of likely N-dealkylation sites (N-methyl/N-ethyl adjacent to an activating group) is 1. The van der Waals surface area contributed by atoms with Gasteiger partial charge in [-0.15, -0.1) is 0 Å². The zero-order valence-corrected chi connectivity index (χ0v) is 14.6. The zero-order chi connectivity index (χ0) is 17.6. The highest BCUT2D eigenvalue weighted by Crippen LogP contribution is 2.13. The molecular weight excluding hydrogens is 318 g/mol. The largest absolute Gasteiger partial charge is 0.497 e. The van der Waals surface area contributed by atoms with Gasteiger partial charge in [0.15, 0.2) is 0 Å². The standard InChI is InChI=1S/C18H23N5O2/c1-22-7-9-23(10-8-22)17-13-19-16(12-20-17)18(24)21-11-14-3-5-15(25-2)6-4-14/h3-6,12-13H,7-11H2,1-2H3,(H,21,24). The number of aromatic nitrogens is 2. The average molecular weight is 341 g/mol. The molecule has 0 spiro atoms. The van der Waals surface area contributed by atoms with E-state index in [0.717, 1.165) is 43.3 Å².